The molecule has 0 aromatic heterocycles. The summed E-state index contributed by atoms with van der Waals surface area (Å²) in [6.07, 6.45) is -3.93. The Labute approximate surface area is 196 Å². The summed E-state index contributed by atoms with van der Waals surface area (Å²) in [5.74, 6) is 0.524. The molecule has 0 saturated carbocycles. The zero-order chi connectivity index (χ0) is 24.3. The molecule has 6 nitrogen and oxygen atoms in total. The molecule has 0 unspecified atom stereocenters. The molecule has 2 fully saturated rings. The number of halogens is 3. The van der Waals surface area contributed by atoms with Gasteiger partial charge in [-0.15, -0.1) is 0 Å². The van der Waals surface area contributed by atoms with E-state index in [1.165, 1.54) is 6.07 Å². The van der Waals surface area contributed by atoms with E-state index in [-0.39, 0.29) is 23.8 Å². The number of benzene rings is 2. The number of rotatable bonds is 6. The van der Waals surface area contributed by atoms with E-state index in [1.807, 2.05) is 23.1 Å². The maximum absolute atomic E-state index is 13.5. The number of alkyl halides is 3. The number of carbonyl (C=O) groups is 1. The van der Waals surface area contributed by atoms with Gasteiger partial charge in [-0.1, -0.05) is 18.2 Å². The van der Waals surface area contributed by atoms with Crippen molar-refractivity contribution in [2.75, 3.05) is 51.4 Å². The lowest BCUT2D eigenvalue weighted by atomic mass is 9.73. The molecule has 0 bridgehead atoms. The average Bonchev–Trinajstić information content (AvgIpc) is 3.21. The van der Waals surface area contributed by atoms with Crippen LogP contribution in [0.25, 0.3) is 0 Å². The van der Waals surface area contributed by atoms with E-state index >= 15 is 0 Å². The topological polar surface area (TPSA) is 65.8 Å². The van der Waals surface area contributed by atoms with Gasteiger partial charge in [0.1, 0.15) is 5.75 Å². The quantitative estimate of drug-likeness (QED) is 0.636. The summed E-state index contributed by atoms with van der Waals surface area (Å²) < 4.78 is 51.5. The molecule has 2 saturated heterocycles. The Morgan fingerprint density at radius 2 is 1.97 bits per heavy atom. The summed E-state index contributed by atoms with van der Waals surface area (Å²) in [5, 5.41) is 9.07. The molecule has 0 aliphatic carbocycles. The van der Waals surface area contributed by atoms with Crippen molar-refractivity contribution in [1.29, 1.82) is 5.26 Å². The summed E-state index contributed by atoms with van der Waals surface area (Å²) in [6.45, 7) is 2.43. The maximum Gasteiger partial charge on any atom is 0.417 e. The van der Waals surface area contributed by atoms with Gasteiger partial charge in [-0.2, -0.15) is 18.4 Å². The molecular formula is C25H26F3N3O3. The fourth-order valence-electron chi connectivity index (χ4n) is 5.04. The highest BCUT2D eigenvalue weighted by Crippen LogP contribution is 2.45. The number of piperidine rings is 1. The molecule has 2 aliphatic heterocycles. The van der Waals surface area contributed by atoms with Gasteiger partial charge in [0.2, 0.25) is 0 Å². The summed E-state index contributed by atoms with van der Waals surface area (Å²) in [5.41, 5.74) is -1.15. The van der Waals surface area contributed by atoms with Crippen LogP contribution in [0.3, 0.4) is 0 Å². The second-order valence-corrected chi connectivity index (χ2v) is 8.90. The second kappa shape index (κ2) is 9.55. The predicted octanol–water partition coefficient (Wildman–Crippen LogP) is 3.96. The number of para-hydroxylation sites is 1. The number of amides is 1. The van der Waals surface area contributed by atoms with Crippen molar-refractivity contribution >= 4 is 11.6 Å². The summed E-state index contributed by atoms with van der Waals surface area (Å²) in [7, 11) is 1.62. The smallest absolute Gasteiger partial charge is 0.417 e. The van der Waals surface area contributed by atoms with Crippen LogP contribution in [-0.4, -0.2) is 57.3 Å². The van der Waals surface area contributed by atoms with E-state index in [9.17, 15) is 18.0 Å². The highest BCUT2D eigenvalue weighted by molar-refractivity contribution is 5.78. The van der Waals surface area contributed by atoms with Crippen molar-refractivity contribution in [3.05, 3.63) is 59.7 Å². The first-order valence-corrected chi connectivity index (χ1v) is 11.1. The van der Waals surface area contributed by atoms with Crippen LogP contribution in [-0.2, 0) is 15.7 Å². The number of nitrogens with zero attached hydrogens (tertiary/aromatic N) is 3. The standard InChI is InChI=1S/C25H26F3N3O3/c1-33-17-24-9-10-30(20-8-7-18(12-29)22(11-20)25(26,27)28)13-19(24)14-31(16-24)23(32)15-34-21-5-3-2-4-6-21/h2-8,11,19H,9-10,13-17H2,1H3/t19-,24+/m1/s1. The number of methoxy groups -OCH3 is 1. The van der Waals surface area contributed by atoms with Crippen LogP contribution in [0.5, 0.6) is 5.75 Å². The number of hydrogen-bond acceptors (Lipinski definition) is 5. The number of fused-ring (bicyclic) bond motifs is 1. The minimum atomic E-state index is -4.61. The van der Waals surface area contributed by atoms with Crippen molar-refractivity contribution < 1.29 is 27.4 Å². The zero-order valence-corrected chi connectivity index (χ0v) is 18.8. The molecule has 0 spiro atoms. The van der Waals surface area contributed by atoms with Crippen molar-refractivity contribution in [3.8, 4) is 11.8 Å². The van der Waals surface area contributed by atoms with Gasteiger partial charge < -0.3 is 19.3 Å². The molecule has 0 radical (unpaired) electrons. The van der Waals surface area contributed by atoms with Crippen molar-refractivity contribution in [3.63, 3.8) is 0 Å². The molecule has 2 aromatic carbocycles. The van der Waals surface area contributed by atoms with Gasteiger partial charge in [0, 0.05) is 50.3 Å². The third-order valence-electron chi connectivity index (χ3n) is 6.82. The highest BCUT2D eigenvalue weighted by Gasteiger charge is 2.51. The zero-order valence-electron chi connectivity index (χ0n) is 18.8. The Bertz CT molecular complexity index is 1070. The molecule has 2 heterocycles. The number of nitriles is 1. The molecular weight excluding hydrogens is 447 g/mol. The second-order valence-electron chi connectivity index (χ2n) is 8.90. The van der Waals surface area contributed by atoms with Crippen LogP contribution >= 0.6 is 0 Å². The first kappa shape index (κ1) is 23.9. The maximum atomic E-state index is 13.5. The number of carbonyl (C=O) groups excluding carboxylic acids is 1. The lowest BCUT2D eigenvalue weighted by Crippen LogP contribution is -2.49. The predicted molar refractivity (Wildman–Crippen MR) is 119 cm³/mol. The van der Waals surface area contributed by atoms with Crippen molar-refractivity contribution in [2.45, 2.75) is 12.6 Å². The van der Waals surface area contributed by atoms with E-state index in [0.717, 1.165) is 6.07 Å². The number of likely N-dealkylation sites (tertiary alicyclic amines) is 1. The number of ether oxygens (including phenoxy) is 2. The van der Waals surface area contributed by atoms with E-state index in [2.05, 4.69) is 0 Å². The van der Waals surface area contributed by atoms with Crippen LogP contribution < -0.4 is 9.64 Å². The van der Waals surface area contributed by atoms with Gasteiger partial charge in [0.05, 0.1) is 23.8 Å². The average molecular weight is 473 g/mol. The molecule has 2 atom stereocenters. The summed E-state index contributed by atoms with van der Waals surface area (Å²) in [6, 6.07) is 14.6. The summed E-state index contributed by atoms with van der Waals surface area (Å²) in [4.78, 5) is 16.6. The molecule has 9 heteroatoms. The first-order valence-electron chi connectivity index (χ1n) is 11.1. The third-order valence-corrected chi connectivity index (χ3v) is 6.82. The van der Waals surface area contributed by atoms with E-state index in [1.54, 1.807) is 36.3 Å². The highest BCUT2D eigenvalue weighted by atomic mass is 19.4. The van der Waals surface area contributed by atoms with Crippen LogP contribution in [0.1, 0.15) is 17.5 Å². The third kappa shape index (κ3) is 4.82. The molecule has 2 aliphatic rings. The van der Waals surface area contributed by atoms with Crippen LogP contribution in [0.2, 0.25) is 0 Å². The lowest BCUT2D eigenvalue weighted by molar-refractivity contribution is -0.137. The largest absolute Gasteiger partial charge is 0.484 e. The molecule has 180 valence electrons. The van der Waals surface area contributed by atoms with Crippen LogP contribution in [0, 0.1) is 22.7 Å². The minimum absolute atomic E-state index is 0.0341. The van der Waals surface area contributed by atoms with Crippen molar-refractivity contribution in [2.24, 2.45) is 11.3 Å². The minimum Gasteiger partial charge on any atom is -0.484 e. The molecule has 34 heavy (non-hydrogen) atoms. The van der Waals surface area contributed by atoms with Crippen LogP contribution in [0.4, 0.5) is 18.9 Å². The molecule has 2 aromatic rings. The van der Waals surface area contributed by atoms with Gasteiger partial charge in [-0.25, -0.2) is 0 Å². The lowest BCUT2D eigenvalue weighted by Gasteiger charge is -2.44. The van der Waals surface area contributed by atoms with Gasteiger partial charge in [-0.05, 0) is 36.8 Å². The SMILES string of the molecule is COC[C@@]12CCN(c3ccc(C#N)c(C(F)(F)F)c3)C[C@@H]1CN(C(=O)COc1ccccc1)C2. The van der Waals surface area contributed by atoms with Crippen molar-refractivity contribution in [1.82, 2.24) is 4.90 Å². The number of hydrogen-bond donors (Lipinski definition) is 0. The fourth-order valence-corrected chi connectivity index (χ4v) is 5.04. The number of anilines is 1. The van der Waals surface area contributed by atoms with Gasteiger partial charge in [-0.3, -0.25) is 4.79 Å². The van der Waals surface area contributed by atoms with Gasteiger partial charge in [0.25, 0.3) is 5.91 Å². The van der Waals surface area contributed by atoms with Crippen LogP contribution in [0.15, 0.2) is 48.5 Å². The van der Waals surface area contributed by atoms with Gasteiger partial charge in [0.15, 0.2) is 6.61 Å². The normalized spacial score (nSPS) is 22.3. The Kier molecular flexibility index (Phi) is 6.71. The Balaban J connectivity index is 1.49. The molecule has 1 amide bonds. The molecule has 0 N–H and O–H groups in total. The summed E-state index contributed by atoms with van der Waals surface area (Å²) >= 11 is 0. The Hall–Kier alpha value is -3.25. The Morgan fingerprint density at radius 3 is 2.65 bits per heavy atom. The Morgan fingerprint density at radius 1 is 1.21 bits per heavy atom. The van der Waals surface area contributed by atoms with E-state index in [0.29, 0.717) is 50.6 Å². The van der Waals surface area contributed by atoms with E-state index < -0.39 is 17.3 Å². The van der Waals surface area contributed by atoms with Gasteiger partial charge >= 0.3 is 6.18 Å². The molecule has 4 rings (SSSR count). The monoisotopic (exact) mass is 473 g/mol. The fraction of sp³-hybridized carbons (Fsp3) is 0.440. The van der Waals surface area contributed by atoms with E-state index in [4.69, 9.17) is 14.7 Å². The first-order chi connectivity index (χ1) is 16.3.